The number of hydrogen-bond donors (Lipinski definition) is 2. The maximum absolute atomic E-state index is 12.3. The number of amides is 1. The predicted octanol–water partition coefficient (Wildman–Crippen LogP) is 3.03. The van der Waals surface area contributed by atoms with Crippen LogP contribution in [0, 0.1) is 13.8 Å². The van der Waals surface area contributed by atoms with Gasteiger partial charge < -0.3 is 19.7 Å². The first-order chi connectivity index (χ1) is 14.4. The fraction of sp³-hybridized carbons (Fsp3) is 0.400. The van der Waals surface area contributed by atoms with Gasteiger partial charge in [0.1, 0.15) is 12.4 Å². The van der Waals surface area contributed by atoms with Crippen LogP contribution in [0.5, 0.6) is 5.75 Å². The Hall–Kier alpha value is -2.63. The summed E-state index contributed by atoms with van der Waals surface area (Å²) in [6.45, 7) is 6.26. The quantitative estimate of drug-likeness (QED) is 0.819. The van der Waals surface area contributed by atoms with Gasteiger partial charge in [0.2, 0.25) is 0 Å². The molecule has 2 heterocycles. The van der Waals surface area contributed by atoms with Crippen molar-refractivity contribution >= 4 is 17.7 Å². The molecule has 2 aromatic rings. The maximum Gasteiger partial charge on any atom is 0.255 e. The summed E-state index contributed by atoms with van der Waals surface area (Å²) in [6.07, 6.45) is 4.38. The third-order valence-electron chi connectivity index (χ3n) is 5.58. The Morgan fingerprint density at radius 2 is 1.73 bits per heavy atom. The van der Waals surface area contributed by atoms with Crippen LogP contribution in [0.1, 0.15) is 29.5 Å². The number of carbonyl (C=O) groups excluding carboxylic acids is 1. The topological polar surface area (TPSA) is 52.0 Å². The Balaban J connectivity index is 0.000000239. The molecule has 0 unspecified atom stereocenters. The molecule has 30 heavy (non-hydrogen) atoms. The van der Waals surface area contributed by atoms with Crippen LogP contribution < -0.4 is 15.0 Å². The zero-order chi connectivity index (χ0) is 21.5. The van der Waals surface area contributed by atoms with E-state index in [9.17, 15) is 4.79 Å². The van der Waals surface area contributed by atoms with E-state index in [0.29, 0.717) is 12.2 Å². The number of fused-ring (bicyclic) bond motifs is 1. The van der Waals surface area contributed by atoms with E-state index in [0.717, 1.165) is 47.4 Å². The molecule has 0 aliphatic carbocycles. The number of para-hydroxylation sites is 1. The molecule has 0 aromatic heterocycles. The normalized spacial score (nSPS) is 16.0. The number of carbonyl (C=O) groups is 1. The highest BCUT2D eigenvalue weighted by Gasteiger charge is 2.19. The lowest BCUT2D eigenvalue weighted by Gasteiger charge is -2.24. The van der Waals surface area contributed by atoms with Gasteiger partial charge in [0.15, 0.2) is 0 Å². The fourth-order valence-electron chi connectivity index (χ4n) is 3.62. The number of nitrogens with one attached hydrogen (secondary N) is 2. The maximum atomic E-state index is 12.3. The average molecular weight is 410 g/mol. The van der Waals surface area contributed by atoms with Crippen LogP contribution in [0.4, 0.5) is 5.69 Å². The standard InChI is InChI=1S/C18H17NO2.C7H15NO/c1-12-6-8-16(9-7-12)19-18(20)15-10-14-5-3-4-13(2)17(14)21-11-15;1-8(2)7-3-5-9-6-4-7/h3-10H,11H2,1-2H3,(H,19,20);7H,3-6H2,1-2H3/p+1. The van der Waals surface area contributed by atoms with E-state index in [4.69, 9.17) is 9.47 Å². The molecule has 0 saturated carbocycles. The average Bonchev–Trinajstić information content (AvgIpc) is 2.76. The van der Waals surface area contributed by atoms with Crippen molar-refractivity contribution in [3.05, 3.63) is 64.7 Å². The molecule has 0 atom stereocenters. The molecule has 2 aliphatic rings. The van der Waals surface area contributed by atoms with Gasteiger partial charge in [-0.2, -0.15) is 0 Å². The predicted molar refractivity (Wildman–Crippen MR) is 121 cm³/mol. The molecule has 2 aromatic carbocycles. The number of quaternary nitrogens is 1. The van der Waals surface area contributed by atoms with E-state index in [1.54, 1.807) is 4.90 Å². The van der Waals surface area contributed by atoms with Crippen molar-refractivity contribution in [1.82, 2.24) is 0 Å². The summed E-state index contributed by atoms with van der Waals surface area (Å²) >= 11 is 0. The molecule has 1 saturated heterocycles. The van der Waals surface area contributed by atoms with Gasteiger partial charge in [-0.1, -0.05) is 35.9 Å². The highest BCUT2D eigenvalue weighted by Crippen LogP contribution is 2.29. The van der Waals surface area contributed by atoms with Gasteiger partial charge in [0.05, 0.1) is 38.9 Å². The lowest BCUT2D eigenvalue weighted by molar-refractivity contribution is -0.887. The second-order valence-corrected chi connectivity index (χ2v) is 8.24. The van der Waals surface area contributed by atoms with Gasteiger partial charge in [0, 0.05) is 24.1 Å². The third kappa shape index (κ3) is 5.94. The molecule has 5 nitrogen and oxygen atoms in total. The van der Waals surface area contributed by atoms with Gasteiger partial charge in [-0.05, 0) is 37.6 Å². The smallest absolute Gasteiger partial charge is 0.255 e. The van der Waals surface area contributed by atoms with E-state index in [-0.39, 0.29) is 5.91 Å². The van der Waals surface area contributed by atoms with E-state index in [2.05, 4.69) is 19.4 Å². The lowest BCUT2D eigenvalue weighted by atomic mass is 10.0. The summed E-state index contributed by atoms with van der Waals surface area (Å²) in [7, 11) is 4.44. The van der Waals surface area contributed by atoms with Crippen molar-refractivity contribution in [3.8, 4) is 5.75 Å². The highest BCUT2D eigenvalue weighted by molar-refractivity contribution is 6.07. The molecule has 2 N–H and O–H groups in total. The minimum atomic E-state index is -0.119. The first-order valence-electron chi connectivity index (χ1n) is 10.6. The number of anilines is 1. The van der Waals surface area contributed by atoms with Crippen molar-refractivity contribution < 1.29 is 19.2 Å². The molecule has 2 aliphatic heterocycles. The summed E-state index contributed by atoms with van der Waals surface area (Å²) in [4.78, 5) is 13.9. The number of ether oxygens (including phenoxy) is 2. The van der Waals surface area contributed by atoms with Crippen molar-refractivity contribution in [3.63, 3.8) is 0 Å². The van der Waals surface area contributed by atoms with Gasteiger partial charge in [-0.15, -0.1) is 0 Å². The lowest BCUT2D eigenvalue weighted by Crippen LogP contribution is -3.10. The largest absolute Gasteiger partial charge is 0.488 e. The van der Waals surface area contributed by atoms with Gasteiger partial charge >= 0.3 is 0 Å². The molecular weight excluding hydrogens is 376 g/mol. The van der Waals surface area contributed by atoms with Crippen LogP contribution >= 0.6 is 0 Å². The molecular formula is C25H33N2O3+. The van der Waals surface area contributed by atoms with Crippen molar-refractivity contribution in [2.45, 2.75) is 32.7 Å². The molecule has 0 spiro atoms. The van der Waals surface area contributed by atoms with E-state index >= 15 is 0 Å². The summed E-state index contributed by atoms with van der Waals surface area (Å²) in [5, 5.41) is 2.90. The van der Waals surface area contributed by atoms with Gasteiger partial charge in [0.25, 0.3) is 5.91 Å². The Morgan fingerprint density at radius 1 is 1.03 bits per heavy atom. The molecule has 0 radical (unpaired) electrons. The minimum Gasteiger partial charge on any atom is -0.488 e. The van der Waals surface area contributed by atoms with E-state index in [1.807, 2.05) is 62.4 Å². The zero-order valence-electron chi connectivity index (χ0n) is 18.5. The Labute approximate surface area is 179 Å². The number of aryl methyl sites for hydroxylation is 2. The molecule has 1 fully saturated rings. The summed E-state index contributed by atoms with van der Waals surface area (Å²) in [5.74, 6) is 0.746. The van der Waals surface area contributed by atoms with Gasteiger partial charge in [-0.3, -0.25) is 4.79 Å². The summed E-state index contributed by atoms with van der Waals surface area (Å²) in [5.41, 5.74) is 4.63. The van der Waals surface area contributed by atoms with Crippen LogP contribution in [0.2, 0.25) is 0 Å². The molecule has 1 amide bonds. The first-order valence-corrected chi connectivity index (χ1v) is 10.6. The number of rotatable bonds is 3. The van der Waals surface area contributed by atoms with E-state index in [1.165, 1.54) is 12.8 Å². The highest BCUT2D eigenvalue weighted by atomic mass is 16.5. The minimum absolute atomic E-state index is 0.119. The van der Waals surface area contributed by atoms with Crippen molar-refractivity contribution in [2.24, 2.45) is 0 Å². The second-order valence-electron chi connectivity index (χ2n) is 8.24. The van der Waals surface area contributed by atoms with Gasteiger partial charge in [-0.25, -0.2) is 0 Å². The van der Waals surface area contributed by atoms with E-state index < -0.39 is 0 Å². The molecule has 4 rings (SSSR count). The second kappa shape index (κ2) is 10.4. The molecule has 5 heteroatoms. The van der Waals surface area contributed by atoms with Crippen LogP contribution in [0.3, 0.4) is 0 Å². The SMILES string of the molecule is C[NH+](C)C1CCOCC1.Cc1ccc(NC(=O)C2=Cc3cccc(C)c3OC2)cc1. The summed E-state index contributed by atoms with van der Waals surface area (Å²) < 4.78 is 11.0. The molecule has 160 valence electrons. The first kappa shape index (κ1) is 22.1. The van der Waals surface area contributed by atoms with Crippen molar-refractivity contribution in [1.29, 1.82) is 0 Å². The van der Waals surface area contributed by atoms with Crippen LogP contribution in [0.25, 0.3) is 6.08 Å². The third-order valence-corrected chi connectivity index (χ3v) is 5.58. The number of benzene rings is 2. The monoisotopic (exact) mass is 409 g/mol. The Morgan fingerprint density at radius 3 is 2.37 bits per heavy atom. The fourth-order valence-corrected chi connectivity index (χ4v) is 3.62. The van der Waals surface area contributed by atoms with Crippen LogP contribution in [-0.4, -0.2) is 45.9 Å². The van der Waals surface area contributed by atoms with Crippen molar-refractivity contribution in [2.75, 3.05) is 39.2 Å². The van der Waals surface area contributed by atoms with Crippen LogP contribution in [-0.2, 0) is 9.53 Å². The zero-order valence-corrected chi connectivity index (χ0v) is 18.5. The molecule has 0 bridgehead atoms. The number of hydrogen-bond acceptors (Lipinski definition) is 3. The Kier molecular flexibility index (Phi) is 7.66. The Bertz CT molecular complexity index is 882. The summed E-state index contributed by atoms with van der Waals surface area (Å²) in [6, 6.07) is 14.5. The van der Waals surface area contributed by atoms with Crippen LogP contribution in [0.15, 0.2) is 48.0 Å².